The summed E-state index contributed by atoms with van der Waals surface area (Å²) in [5.41, 5.74) is 13.2. The molecule has 2 heterocycles. The molecule has 0 amide bonds. The number of hydrogen-bond acceptors (Lipinski definition) is 3. The Bertz CT molecular complexity index is 2940. The molecular formula is C50H32N2O. The summed E-state index contributed by atoms with van der Waals surface area (Å²) < 4.78 is 6.58. The maximum atomic E-state index is 6.58. The number of furan rings is 1. The molecule has 0 spiro atoms. The number of benzene rings is 8. The fraction of sp³-hybridized carbons (Fsp3) is 0. The minimum atomic E-state index is 0.684. The molecule has 3 nitrogen and oxygen atoms in total. The predicted octanol–water partition coefficient (Wildman–Crippen LogP) is 13.5. The van der Waals surface area contributed by atoms with Gasteiger partial charge in [0.2, 0.25) is 0 Å². The minimum Gasteiger partial charge on any atom is -0.455 e. The topological polar surface area (TPSA) is 38.9 Å². The fourth-order valence-corrected chi connectivity index (χ4v) is 7.48. The molecule has 10 rings (SSSR count). The molecule has 10 aromatic rings. The first-order chi connectivity index (χ1) is 26.2. The second-order valence-corrected chi connectivity index (χ2v) is 13.4. The molecule has 2 aromatic heterocycles. The first kappa shape index (κ1) is 30.7. The molecule has 0 atom stereocenters. The first-order valence-electron chi connectivity index (χ1n) is 17.9. The van der Waals surface area contributed by atoms with Gasteiger partial charge in [-0.1, -0.05) is 158 Å². The summed E-state index contributed by atoms with van der Waals surface area (Å²) in [5.74, 6) is 0.684. The van der Waals surface area contributed by atoms with Gasteiger partial charge in [-0.05, 0) is 75.0 Å². The monoisotopic (exact) mass is 676 g/mol. The summed E-state index contributed by atoms with van der Waals surface area (Å²) in [6.45, 7) is 0. The van der Waals surface area contributed by atoms with Crippen molar-refractivity contribution in [2.75, 3.05) is 0 Å². The molecule has 0 saturated carbocycles. The van der Waals surface area contributed by atoms with Crippen LogP contribution in [0.5, 0.6) is 0 Å². The largest absolute Gasteiger partial charge is 0.455 e. The van der Waals surface area contributed by atoms with E-state index in [-0.39, 0.29) is 0 Å². The Balaban J connectivity index is 1.23. The highest BCUT2D eigenvalue weighted by atomic mass is 16.3. The molecule has 53 heavy (non-hydrogen) atoms. The average molecular weight is 677 g/mol. The molecule has 0 aliphatic carbocycles. The van der Waals surface area contributed by atoms with Crippen LogP contribution in [-0.2, 0) is 0 Å². The van der Waals surface area contributed by atoms with Gasteiger partial charge in [0, 0.05) is 33.0 Å². The smallest absolute Gasteiger partial charge is 0.160 e. The Kier molecular flexibility index (Phi) is 7.47. The Hall–Kier alpha value is -7.10. The Labute approximate surface area is 307 Å². The maximum Gasteiger partial charge on any atom is 0.160 e. The van der Waals surface area contributed by atoms with Crippen LogP contribution in [0.25, 0.3) is 100.0 Å². The summed E-state index contributed by atoms with van der Waals surface area (Å²) in [7, 11) is 0. The number of para-hydroxylation sites is 2. The van der Waals surface area contributed by atoms with E-state index < -0.39 is 0 Å². The van der Waals surface area contributed by atoms with Gasteiger partial charge in [0.15, 0.2) is 5.82 Å². The van der Waals surface area contributed by atoms with Gasteiger partial charge in [-0.2, -0.15) is 0 Å². The van der Waals surface area contributed by atoms with Crippen LogP contribution in [0.4, 0.5) is 0 Å². The van der Waals surface area contributed by atoms with Crippen LogP contribution in [0.3, 0.4) is 0 Å². The Morgan fingerprint density at radius 1 is 0.321 bits per heavy atom. The molecular weight excluding hydrogens is 645 g/mol. The van der Waals surface area contributed by atoms with Gasteiger partial charge in [0.25, 0.3) is 0 Å². The summed E-state index contributed by atoms with van der Waals surface area (Å²) in [4.78, 5) is 10.5. The van der Waals surface area contributed by atoms with Gasteiger partial charge in [-0.15, -0.1) is 0 Å². The van der Waals surface area contributed by atoms with Crippen molar-refractivity contribution in [2.24, 2.45) is 0 Å². The van der Waals surface area contributed by atoms with Crippen LogP contribution in [0.1, 0.15) is 0 Å². The molecule has 0 radical (unpaired) electrons. The number of nitrogens with zero attached hydrogens (tertiary/aromatic N) is 2. The van der Waals surface area contributed by atoms with E-state index in [0.29, 0.717) is 5.82 Å². The van der Waals surface area contributed by atoms with Crippen LogP contribution < -0.4 is 0 Å². The summed E-state index contributed by atoms with van der Waals surface area (Å²) in [6.07, 6.45) is 0. The van der Waals surface area contributed by atoms with Crippen molar-refractivity contribution < 1.29 is 4.42 Å². The van der Waals surface area contributed by atoms with E-state index in [9.17, 15) is 0 Å². The second kappa shape index (κ2) is 12.9. The molecule has 248 valence electrons. The zero-order valence-corrected chi connectivity index (χ0v) is 28.8. The van der Waals surface area contributed by atoms with Crippen molar-refractivity contribution in [3.05, 3.63) is 194 Å². The quantitative estimate of drug-likeness (QED) is 0.176. The molecule has 0 bridgehead atoms. The van der Waals surface area contributed by atoms with Crippen molar-refractivity contribution >= 4 is 32.7 Å². The standard InChI is InChI=1S/C50H32N2O/c1-3-14-33(15-4-1)36-20-11-21-37(28-36)38-29-39(42-24-13-26-45-44-23-9-10-27-48(44)53-49(42)45)31-40(30-38)46-32-47(52-50(51-46)35-17-5-2-6-18-35)43-25-12-19-34-16-7-8-22-41(34)43/h1-32H. The van der Waals surface area contributed by atoms with Gasteiger partial charge in [-0.25, -0.2) is 9.97 Å². The molecule has 8 aromatic carbocycles. The third kappa shape index (κ3) is 5.65. The SMILES string of the molecule is c1ccc(-c2cccc(-c3cc(-c4cc(-c5cccc6ccccc56)nc(-c5ccccc5)n4)cc(-c4cccc5c4oc4ccccc45)c3)c2)cc1. The first-order valence-corrected chi connectivity index (χ1v) is 17.9. The number of fused-ring (bicyclic) bond motifs is 4. The maximum absolute atomic E-state index is 6.58. The van der Waals surface area contributed by atoms with Gasteiger partial charge >= 0.3 is 0 Å². The highest BCUT2D eigenvalue weighted by Gasteiger charge is 2.17. The van der Waals surface area contributed by atoms with E-state index in [0.717, 1.165) is 77.7 Å². The van der Waals surface area contributed by atoms with Gasteiger partial charge in [-0.3, -0.25) is 0 Å². The average Bonchev–Trinajstić information content (AvgIpc) is 3.63. The van der Waals surface area contributed by atoms with Gasteiger partial charge in [0.1, 0.15) is 11.2 Å². The molecule has 3 heteroatoms. The van der Waals surface area contributed by atoms with E-state index in [1.165, 1.54) is 16.5 Å². The lowest BCUT2D eigenvalue weighted by Crippen LogP contribution is -1.97. The molecule has 0 aliphatic heterocycles. The second-order valence-electron chi connectivity index (χ2n) is 13.4. The summed E-state index contributed by atoms with van der Waals surface area (Å²) >= 11 is 0. The highest BCUT2D eigenvalue weighted by molar-refractivity contribution is 6.10. The lowest BCUT2D eigenvalue weighted by molar-refractivity contribution is 0.670. The normalized spacial score (nSPS) is 11.4. The summed E-state index contributed by atoms with van der Waals surface area (Å²) in [6, 6.07) is 68.1. The molecule has 0 aliphatic rings. The molecule has 0 fully saturated rings. The lowest BCUT2D eigenvalue weighted by atomic mass is 9.92. The van der Waals surface area contributed by atoms with Crippen LogP contribution >= 0.6 is 0 Å². The van der Waals surface area contributed by atoms with Gasteiger partial charge < -0.3 is 4.42 Å². The zero-order valence-electron chi connectivity index (χ0n) is 28.8. The number of rotatable bonds is 6. The lowest BCUT2D eigenvalue weighted by Gasteiger charge is -2.14. The Morgan fingerprint density at radius 2 is 0.868 bits per heavy atom. The van der Waals surface area contributed by atoms with Crippen molar-refractivity contribution in [2.45, 2.75) is 0 Å². The van der Waals surface area contributed by atoms with Crippen LogP contribution in [0, 0.1) is 0 Å². The van der Waals surface area contributed by atoms with Crippen LogP contribution in [0.2, 0.25) is 0 Å². The van der Waals surface area contributed by atoms with Crippen molar-refractivity contribution in [3.8, 4) is 67.3 Å². The van der Waals surface area contributed by atoms with E-state index in [4.69, 9.17) is 14.4 Å². The van der Waals surface area contributed by atoms with Crippen LogP contribution in [-0.4, -0.2) is 9.97 Å². The van der Waals surface area contributed by atoms with E-state index in [1.54, 1.807) is 0 Å². The summed E-state index contributed by atoms with van der Waals surface area (Å²) in [5, 5.41) is 4.54. The van der Waals surface area contributed by atoms with Crippen molar-refractivity contribution in [3.63, 3.8) is 0 Å². The van der Waals surface area contributed by atoms with Crippen molar-refractivity contribution in [1.82, 2.24) is 9.97 Å². The zero-order chi connectivity index (χ0) is 35.1. The number of aromatic nitrogens is 2. The van der Waals surface area contributed by atoms with Gasteiger partial charge in [0.05, 0.1) is 11.4 Å². The highest BCUT2D eigenvalue weighted by Crippen LogP contribution is 2.40. The van der Waals surface area contributed by atoms with Crippen molar-refractivity contribution in [1.29, 1.82) is 0 Å². The molecule has 0 saturated heterocycles. The fourth-order valence-electron chi connectivity index (χ4n) is 7.48. The number of hydrogen-bond donors (Lipinski definition) is 0. The minimum absolute atomic E-state index is 0.684. The third-order valence-corrected chi connectivity index (χ3v) is 10.1. The van der Waals surface area contributed by atoms with E-state index in [1.807, 2.05) is 30.3 Å². The molecule has 0 N–H and O–H groups in total. The van der Waals surface area contributed by atoms with E-state index >= 15 is 0 Å². The molecule has 0 unspecified atom stereocenters. The third-order valence-electron chi connectivity index (χ3n) is 10.1. The van der Waals surface area contributed by atoms with Crippen LogP contribution in [0.15, 0.2) is 199 Å². The Morgan fingerprint density at radius 3 is 1.72 bits per heavy atom. The van der Waals surface area contributed by atoms with E-state index in [2.05, 4.69) is 164 Å². The predicted molar refractivity (Wildman–Crippen MR) is 219 cm³/mol.